The van der Waals surface area contributed by atoms with Crippen LogP contribution in [0.25, 0.3) is 0 Å². The maximum absolute atomic E-state index is 12.2. The number of ether oxygens (including phenoxy) is 1. The number of rotatable bonds is 4. The average Bonchev–Trinajstić information content (AvgIpc) is 2.18. The maximum atomic E-state index is 12.2. The molecule has 0 bridgehead atoms. The van der Waals surface area contributed by atoms with Crippen molar-refractivity contribution >= 4 is 11.7 Å². The zero-order valence-corrected chi connectivity index (χ0v) is 9.39. The number of carboxylic acids is 1. The van der Waals surface area contributed by atoms with Gasteiger partial charge in [-0.15, -0.1) is 13.2 Å². The molecule has 1 heterocycles. The molecule has 0 saturated heterocycles. The van der Waals surface area contributed by atoms with Crippen LogP contribution in [0.3, 0.4) is 0 Å². The lowest BCUT2D eigenvalue weighted by atomic mass is 10.2. The number of carbonyl (C=O) groups is 1. The Kier molecular flexibility index (Phi) is 3.92. The van der Waals surface area contributed by atoms with Crippen LogP contribution in [0.4, 0.5) is 18.9 Å². The quantitative estimate of drug-likeness (QED) is 0.666. The maximum Gasteiger partial charge on any atom is 0.573 e. The molecule has 0 aliphatic carbocycles. The molecule has 1 aromatic heterocycles. The second kappa shape index (κ2) is 5.08. The minimum absolute atomic E-state index is 0.0116. The van der Waals surface area contributed by atoms with Crippen molar-refractivity contribution in [1.82, 2.24) is 4.98 Å². The molecule has 104 valence electrons. The molecule has 10 heteroatoms. The average molecular weight is 280 g/mol. The summed E-state index contributed by atoms with van der Waals surface area (Å²) in [5.41, 5.74) is -1.63. The zero-order chi connectivity index (χ0) is 14.8. The number of alkyl halides is 3. The number of halogens is 3. The standard InChI is InChI=1S/C9H7F3N2O5/c1-4-2-6(14(17)18)8(19-9(10,11)12)5(13-4)3-7(15)16/h2H,3H2,1H3,(H,15,16). The van der Waals surface area contributed by atoms with E-state index in [1.807, 2.05) is 0 Å². The molecule has 1 aromatic rings. The minimum atomic E-state index is -5.19. The van der Waals surface area contributed by atoms with Gasteiger partial charge in [0.25, 0.3) is 0 Å². The van der Waals surface area contributed by atoms with Crippen molar-refractivity contribution in [2.24, 2.45) is 0 Å². The molecular formula is C9H7F3N2O5. The van der Waals surface area contributed by atoms with E-state index in [1.54, 1.807) is 0 Å². The summed E-state index contributed by atoms with van der Waals surface area (Å²) >= 11 is 0. The van der Waals surface area contributed by atoms with E-state index in [2.05, 4.69) is 9.72 Å². The van der Waals surface area contributed by atoms with Crippen molar-refractivity contribution in [3.8, 4) is 5.75 Å². The second-order valence-electron chi connectivity index (χ2n) is 3.43. The van der Waals surface area contributed by atoms with Crippen LogP contribution < -0.4 is 4.74 Å². The number of nitro groups is 1. The Balaban J connectivity index is 3.42. The molecule has 1 N–H and O–H groups in total. The second-order valence-corrected chi connectivity index (χ2v) is 3.43. The summed E-state index contributed by atoms with van der Waals surface area (Å²) in [5, 5.41) is 19.2. The van der Waals surface area contributed by atoms with Crippen LogP contribution in [-0.4, -0.2) is 27.3 Å². The predicted octanol–water partition coefficient (Wildman–Crippen LogP) is 1.82. The summed E-state index contributed by atoms with van der Waals surface area (Å²) in [7, 11) is 0. The smallest absolute Gasteiger partial charge is 0.481 e. The monoisotopic (exact) mass is 280 g/mol. The molecular weight excluding hydrogens is 273 g/mol. The first kappa shape index (κ1) is 14.7. The number of hydrogen-bond acceptors (Lipinski definition) is 5. The van der Waals surface area contributed by atoms with Gasteiger partial charge < -0.3 is 9.84 Å². The summed E-state index contributed by atoms with van der Waals surface area (Å²) in [4.78, 5) is 23.6. The third-order valence-corrected chi connectivity index (χ3v) is 1.88. The fourth-order valence-electron chi connectivity index (χ4n) is 1.33. The molecule has 1 rings (SSSR count). The van der Waals surface area contributed by atoms with Crippen LogP contribution in [0, 0.1) is 17.0 Å². The Bertz CT molecular complexity index is 529. The minimum Gasteiger partial charge on any atom is -0.481 e. The fraction of sp³-hybridized carbons (Fsp3) is 0.333. The summed E-state index contributed by atoms with van der Waals surface area (Å²) < 4.78 is 40.1. The van der Waals surface area contributed by atoms with E-state index in [9.17, 15) is 28.1 Å². The number of carboxylic acid groups (broad SMARTS) is 1. The highest BCUT2D eigenvalue weighted by Crippen LogP contribution is 2.35. The fourth-order valence-corrected chi connectivity index (χ4v) is 1.33. The number of aromatic nitrogens is 1. The topological polar surface area (TPSA) is 103 Å². The Labute approximate surface area is 103 Å². The van der Waals surface area contributed by atoms with Gasteiger partial charge in [-0.1, -0.05) is 0 Å². The highest BCUT2D eigenvalue weighted by atomic mass is 19.4. The van der Waals surface area contributed by atoms with E-state index in [0.29, 0.717) is 0 Å². The Hall–Kier alpha value is -2.39. The molecule has 19 heavy (non-hydrogen) atoms. The van der Waals surface area contributed by atoms with Crippen molar-refractivity contribution in [2.75, 3.05) is 0 Å². The first-order valence-electron chi connectivity index (χ1n) is 4.72. The predicted molar refractivity (Wildman–Crippen MR) is 53.7 cm³/mol. The highest BCUT2D eigenvalue weighted by molar-refractivity contribution is 5.71. The van der Waals surface area contributed by atoms with Crippen molar-refractivity contribution in [3.05, 3.63) is 27.6 Å². The van der Waals surface area contributed by atoms with Gasteiger partial charge in [-0.25, -0.2) is 0 Å². The normalized spacial score (nSPS) is 11.2. The summed E-state index contributed by atoms with van der Waals surface area (Å²) in [6, 6.07) is 0.770. The largest absolute Gasteiger partial charge is 0.573 e. The zero-order valence-electron chi connectivity index (χ0n) is 9.39. The third kappa shape index (κ3) is 4.08. The van der Waals surface area contributed by atoms with Crippen molar-refractivity contribution in [3.63, 3.8) is 0 Å². The van der Waals surface area contributed by atoms with Gasteiger partial charge in [-0.05, 0) is 6.92 Å². The van der Waals surface area contributed by atoms with Crippen LogP contribution >= 0.6 is 0 Å². The van der Waals surface area contributed by atoms with Gasteiger partial charge in [0.1, 0.15) is 5.69 Å². The van der Waals surface area contributed by atoms with E-state index >= 15 is 0 Å². The van der Waals surface area contributed by atoms with Gasteiger partial charge >= 0.3 is 18.0 Å². The van der Waals surface area contributed by atoms with Crippen LogP contribution in [0.2, 0.25) is 0 Å². The molecule has 0 aliphatic heterocycles. The van der Waals surface area contributed by atoms with E-state index in [4.69, 9.17) is 5.11 Å². The Morgan fingerprint density at radius 2 is 2.16 bits per heavy atom. The lowest BCUT2D eigenvalue weighted by molar-refractivity contribution is -0.388. The molecule has 0 aliphatic rings. The highest BCUT2D eigenvalue weighted by Gasteiger charge is 2.37. The van der Waals surface area contributed by atoms with E-state index in [-0.39, 0.29) is 5.69 Å². The van der Waals surface area contributed by atoms with Crippen molar-refractivity contribution in [1.29, 1.82) is 0 Å². The summed E-state index contributed by atoms with van der Waals surface area (Å²) in [5.74, 6) is -2.69. The Morgan fingerprint density at radius 1 is 1.58 bits per heavy atom. The lowest BCUT2D eigenvalue weighted by Gasteiger charge is -2.12. The summed E-state index contributed by atoms with van der Waals surface area (Å²) in [6.07, 6.45) is -6.11. The van der Waals surface area contributed by atoms with Gasteiger partial charge in [-0.2, -0.15) is 0 Å². The van der Waals surface area contributed by atoms with E-state index < -0.39 is 40.8 Å². The van der Waals surface area contributed by atoms with Crippen molar-refractivity contribution in [2.45, 2.75) is 19.7 Å². The first-order chi connectivity index (χ1) is 8.60. The first-order valence-corrected chi connectivity index (χ1v) is 4.72. The number of nitrogens with zero attached hydrogens (tertiary/aromatic N) is 2. The SMILES string of the molecule is Cc1cc([N+](=O)[O-])c(OC(F)(F)F)c(CC(=O)O)n1. The molecule has 0 radical (unpaired) electrons. The van der Waals surface area contributed by atoms with E-state index in [0.717, 1.165) is 6.07 Å². The molecule has 7 nitrogen and oxygen atoms in total. The van der Waals surface area contributed by atoms with Crippen LogP contribution in [0.15, 0.2) is 6.07 Å². The molecule has 0 aromatic carbocycles. The number of hydrogen-bond donors (Lipinski definition) is 1. The molecule has 0 atom stereocenters. The van der Waals surface area contributed by atoms with Crippen molar-refractivity contribution < 1.29 is 32.7 Å². The van der Waals surface area contributed by atoms with Gasteiger partial charge in [-0.3, -0.25) is 19.9 Å². The van der Waals surface area contributed by atoms with Gasteiger partial charge in [0, 0.05) is 11.8 Å². The lowest BCUT2D eigenvalue weighted by Crippen LogP contribution is -2.20. The number of aryl methyl sites for hydroxylation is 1. The van der Waals surface area contributed by atoms with Gasteiger partial charge in [0.15, 0.2) is 0 Å². The van der Waals surface area contributed by atoms with E-state index in [1.165, 1.54) is 6.92 Å². The molecule has 0 unspecified atom stereocenters. The van der Waals surface area contributed by atoms with Gasteiger partial charge in [0.2, 0.25) is 5.75 Å². The molecule has 0 fully saturated rings. The molecule has 0 amide bonds. The molecule has 0 spiro atoms. The van der Waals surface area contributed by atoms with Gasteiger partial charge in [0.05, 0.1) is 11.3 Å². The van der Waals surface area contributed by atoms with Crippen LogP contribution in [0.1, 0.15) is 11.4 Å². The Morgan fingerprint density at radius 3 is 2.58 bits per heavy atom. The third-order valence-electron chi connectivity index (χ3n) is 1.88. The number of aliphatic carboxylic acids is 1. The summed E-state index contributed by atoms with van der Waals surface area (Å²) in [6.45, 7) is 1.29. The number of pyridine rings is 1. The van der Waals surface area contributed by atoms with Crippen LogP contribution in [0.5, 0.6) is 5.75 Å². The van der Waals surface area contributed by atoms with Crippen LogP contribution in [-0.2, 0) is 11.2 Å². The molecule has 0 saturated carbocycles.